The number of hydrogen-bond acceptors (Lipinski definition) is 2. The van der Waals surface area contributed by atoms with Crippen LogP contribution in [0.15, 0.2) is 36.4 Å². The van der Waals surface area contributed by atoms with Crippen LogP contribution in [0, 0.1) is 0 Å². The summed E-state index contributed by atoms with van der Waals surface area (Å²) in [4.78, 5) is 0. The maximum absolute atomic E-state index is 5.82. The van der Waals surface area contributed by atoms with Crippen LogP contribution in [0.4, 0.5) is 0 Å². The number of fused-ring (bicyclic) bond motifs is 1. The van der Waals surface area contributed by atoms with E-state index in [1.54, 1.807) is 0 Å². The van der Waals surface area contributed by atoms with E-state index < -0.39 is 0 Å². The summed E-state index contributed by atoms with van der Waals surface area (Å²) in [5.41, 5.74) is 1.37. The van der Waals surface area contributed by atoms with E-state index in [2.05, 4.69) is 43.3 Å². The topological polar surface area (TPSA) is 21.8 Å². The summed E-state index contributed by atoms with van der Waals surface area (Å²) in [6.45, 7) is 3.68. The molecule has 0 amide bonds. The fourth-order valence-corrected chi connectivity index (χ4v) is 2.11. The summed E-state index contributed by atoms with van der Waals surface area (Å²) in [5, 5.41) is 2.50. The molecule has 1 aliphatic rings. The monoisotopic (exact) mass is 228 g/mol. The van der Waals surface area contributed by atoms with Gasteiger partial charge in [0.1, 0.15) is 18.5 Å². The van der Waals surface area contributed by atoms with Crippen LogP contribution in [0.25, 0.3) is 10.8 Å². The summed E-state index contributed by atoms with van der Waals surface area (Å²) in [6, 6.07) is 12.7. The second kappa shape index (κ2) is 4.38. The molecule has 0 aromatic heterocycles. The van der Waals surface area contributed by atoms with Gasteiger partial charge < -0.3 is 9.47 Å². The molecule has 0 radical (unpaired) electrons. The van der Waals surface area contributed by atoms with Gasteiger partial charge in [-0.3, -0.25) is 0 Å². The van der Waals surface area contributed by atoms with Crippen LogP contribution < -0.4 is 4.74 Å². The van der Waals surface area contributed by atoms with Gasteiger partial charge in [0.2, 0.25) is 0 Å². The predicted octanol–water partition coefficient (Wildman–Crippen LogP) is 3.18. The molecule has 2 nitrogen and oxygen atoms in total. The van der Waals surface area contributed by atoms with Crippen molar-refractivity contribution in [3.05, 3.63) is 42.0 Å². The minimum Gasteiger partial charge on any atom is -0.490 e. The highest BCUT2D eigenvalue weighted by atomic mass is 16.6. The third kappa shape index (κ3) is 2.13. The van der Waals surface area contributed by atoms with Crippen LogP contribution in [-0.4, -0.2) is 19.3 Å². The Bertz CT molecular complexity index is 529. The van der Waals surface area contributed by atoms with Crippen molar-refractivity contribution in [3.63, 3.8) is 0 Å². The standard InChI is InChI=1S/C15H16O2/c1-2-11-7-8-15(17-10-12-9-16-12)14-6-4-3-5-13(11)14/h3-8,12H,2,9-10H2,1H3. The zero-order valence-corrected chi connectivity index (χ0v) is 9.98. The number of ether oxygens (including phenoxy) is 2. The summed E-state index contributed by atoms with van der Waals surface area (Å²) in [6.07, 6.45) is 1.35. The molecule has 0 N–H and O–H groups in total. The van der Waals surface area contributed by atoms with Gasteiger partial charge >= 0.3 is 0 Å². The van der Waals surface area contributed by atoms with Gasteiger partial charge in [-0.05, 0) is 23.4 Å². The van der Waals surface area contributed by atoms with E-state index in [1.807, 2.05) is 0 Å². The van der Waals surface area contributed by atoms with E-state index >= 15 is 0 Å². The Balaban J connectivity index is 1.99. The van der Waals surface area contributed by atoms with Crippen LogP contribution >= 0.6 is 0 Å². The van der Waals surface area contributed by atoms with Crippen molar-refractivity contribution in [1.82, 2.24) is 0 Å². The lowest BCUT2D eigenvalue weighted by Crippen LogP contribution is -2.04. The van der Waals surface area contributed by atoms with E-state index in [0.717, 1.165) is 18.8 Å². The number of aryl methyl sites for hydroxylation is 1. The normalized spacial score (nSPS) is 18.3. The van der Waals surface area contributed by atoms with Gasteiger partial charge in [-0.25, -0.2) is 0 Å². The molecule has 1 saturated heterocycles. The molecule has 1 fully saturated rings. The van der Waals surface area contributed by atoms with Gasteiger partial charge in [0.15, 0.2) is 0 Å². The fraction of sp³-hybridized carbons (Fsp3) is 0.333. The van der Waals surface area contributed by atoms with E-state index in [9.17, 15) is 0 Å². The first-order valence-corrected chi connectivity index (χ1v) is 6.13. The summed E-state index contributed by atoms with van der Waals surface area (Å²) < 4.78 is 11.0. The third-order valence-corrected chi connectivity index (χ3v) is 3.18. The lowest BCUT2D eigenvalue weighted by molar-refractivity contribution is 0.265. The molecule has 1 aliphatic heterocycles. The quantitative estimate of drug-likeness (QED) is 0.750. The lowest BCUT2D eigenvalue weighted by Gasteiger charge is -2.11. The highest BCUT2D eigenvalue weighted by Gasteiger charge is 2.23. The van der Waals surface area contributed by atoms with Gasteiger partial charge in [0, 0.05) is 5.39 Å². The molecular weight excluding hydrogens is 212 g/mol. The zero-order chi connectivity index (χ0) is 11.7. The Hall–Kier alpha value is -1.54. The van der Waals surface area contributed by atoms with Crippen LogP contribution in [0.5, 0.6) is 5.75 Å². The van der Waals surface area contributed by atoms with Crippen LogP contribution in [-0.2, 0) is 11.2 Å². The molecular formula is C15H16O2. The largest absolute Gasteiger partial charge is 0.490 e. The molecule has 2 aromatic carbocycles. The smallest absolute Gasteiger partial charge is 0.127 e. The van der Waals surface area contributed by atoms with Crippen molar-refractivity contribution in [2.45, 2.75) is 19.4 Å². The summed E-state index contributed by atoms with van der Waals surface area (Å²) in [5.74, 6) is 0.966. The first-order chi connectivity index (χ1) is 8.38. The van der Waals surface area contributed by atoms with E-state index in [4.69, 9.17) is 9.47 Å². The van der Waals surface area contributed by atoms with Crippen LogP contribution in [0.3, 0.4) is 0 Å². The third-order valence-electron chi connectivity index (χ3n) is 3.18. The average molecular weight is 228 g/mol. The predicted molar refractivity (Wildman–Crippen MR) is 68.6 cm³/mol. The molecule has 3 rings (SSSR count). The van der Waals surface area contributed by atoms with Crippen LogP contribution in [0.1, 0.15) is 12.5 Å². The molecule has 0 bridgehead atoms. The van der Waals surface area contributed by atoms with Gasteiger partial charge in [0.05, 0.1) is 6.61 Å². The Kier molecular flexibility index (Phi) is 2.73. The summed E-state index contributed by atoms with van der Waals surface area (Å²) >= 11 is 0. The molecule has 2 heteroatoms. The van der Waals surface area contributed by atoms with Gasteiger partial charge in [-0.1, -0.05) is 37.3 Å². The first-order valence-electron chi connectivity index (χ1n) is 6.13. The maximum atomic E-state index is 5.82. The SMILES string of the molecule is CCc1ccc(OCC2CO2)c2ccccc12. The van der Waals surface area contributed by atoms with Crippen molar-refractivity contribution >= 4 is 10.8 Å². The van der Waals surface area contributed by atoms with Gasteiger partial charge in [-0.2, -0.15) is 0 Å². The minimum absolute atomic E-state index is 0.305. The number of hydrogen-bond donors (Lipinski definition) is 0. The van der Waals surface area contributed by atoms with E-state index in [1.165, 1.54) is 16.3 Å². The first kappa shape index (κ1) is 10.6. The van der Waals surface area contributed by atoms with Crippen molar-refractivity contribution in [2.75, 3.05) is 13.2 Å². The number of epoxide rings is 1. The molecule has 88 valence electrons. The molecule has 17 heavy (non-hydrogen) atoms. The molecule has 1 atom stereocenters. The Labute approximate surface area is 101 Å². The Morgan fingerprint density at radius 3 is 2.65 bits per heavy atom. The molecule has 1 unspecified atom stereocenters. The molecule has 0 aliphatic carbocycles. The highest BCUT2D eigenvalue weighted by Crippen LogP contribution is 2.29. The second-order valence-electron chi connectivity index (χ2n) is 4.39. The Morgan fingerprint density at radius 2 is 1.94 bits per heavy atom. The molecule has 0 spiro atoms. The maximum Gasteiger partial charge on any atom is 0.127 e. The van der Waals surface area contributed by atoms with Crippen molar-refractivity contribution in [2.24, 2.45) is 0 Å². The summed E-state index contributed by atoms with van der Waals surface area (Å²) in [7, 11) is 0. The number of benzene rings is 2. The lowest BCUT2D eigenvalue weighted by atomic mass is 10.0. The van der Waals surface area contributed by atoms with Gasteiger partial charge in [0.25, 0.3) is 0 Å². The van der Waals surface area contributed by atoms with E-state index in [-0.39, 0.29) is 0 Å². The average Bonchev–Trinajstić information content (AvgIpc) is 3.20. The van der Waals surface area contributed by atoms with Gasteiger partial charge in [-0.15, -0.1) is 0 Å². The van der Waals surface area contributed by atoms with E-state index in [0.29, 0.717) is 12.7 Å². The molecule has 2 aromatic rings. The van der Waals surface area contributed by atoms with Crippen molar-refractivity contribution < 1.29 is 9.47 Å². The fourth-order valence-electron chi connectivity index (χ4n) is 2.11. The van der Waals surface area contributed by atoms with Crippen molar-refractivity contribution in [1.29, 1.82) is 0 Å². The molecule has 0 saturated carbocycles. The highest BCUT2D eigenvalue weighted by molar-refractivity contribution is 5.91. The van der Waals surface area contributed by atoms with Crippen LogP contribution in [0.2, 0.25) is 0 Å². The van der Waals surface area contributed by atoms with Crippen molar-refractivity contribution in [3.8, 4) is 5.75 Å². The molecule has 1 heterocycles. The number of rotatable bonds is 4. The zero-order valence-electron chi connectivity index (χ0n) is 9.98. The second-order valence-corrected chi connectivity index (χ2v) is 4.39. The Morgan fingerprint density at radius 1 is 1.18 bits per heavy atom. The minimum atomic E-state index is 0.305.